The number of carbonyl (C=O) groups excluding carboxylic acids is 1. The number of carbonyl (C=O) groups is 1. The SMILES string of the molecule is CC1NCN(C2CCC(C)C(C)C2)C1=O. The molecule has 0 bridgehead atoms. The fraction of sp³-hybridized carbons (Fsp3) is 0.917. The van der Waals surface area contributed by atoms with E-state index in [4.69, 9.17) is 0 Å². The quantitative estimate of drug-likeness (QED) is 0.713. The monoisotopic (exact) mass is 210 g/mol. The van der Waals surface area contributed by atoms with Crippen LogP contribution in [0.4, 0.5) is 0 Å². The Kier molecular flexibility index (Phi) is 3.01. The Hall–Kier alpha value is -0.570. The predicted molar refractivity (Wildman–Crippen MR) is 60.3 cm³/mol. The molecule has 0 aromatic rings. The van der Waals surface area contributed by atoms with Crippen LogP contribution in [0.3, 0.4) is 0 Å². The second-order valence-electron chi connectivity index (χ2n) is 5.31. The van der Waals surface area contributed by atoms with E-state index in [1.54, 1.807) is 0 Å². The minimum absolute atomic E-state index is 0.0275. The molecule has 0 aromatic carbocycles. The van der Waals surface area contributed by atoms with Crippen LogP contribution >= 0.6 is 0 Å². The van der Waals surface area contributed by atoms with Crippen molar-refractivity contribution in [1.29, 1.82) is 0 Å². The maximum absolute atomic E-state index is 11.9. The molecule has 2 rings (SSSR count). The van der Waals surface area contributed by atoms with Crippen LogP contribution < -0.4 is 5.32 Å². The molecule has 4 unspecified atom stereocenters. The van der Waals surface area contributed by atoms with Gasteiger partial charge in [-0.15, -0.1) is 0 Å². The van der Waals surface area contributed by atoms with Gasteiger partial charge in [0.2, 0.25) is 5.91 Å². The average Bonchev–Trinajstić information content (AvgIpc) is 2.53. The number of rotatable bonds is 1. The van der Waals surface area contributed by atoms with Crippen molar-refractivity contribution in [1.82, 2.24) is 10.2 Å². The normalized spacial score (nSPS) is 42.3. The number of amides is 1. The first-order valence-electron chi connectivity index (χ1n) is 6.13. The number of hydrogen-bond acceptors (Lipinski definition) is 2. The van der Waals surface area contributed by atoms with Crippen LogP contribution in [-0.2, 0) is 4.79 Å². The Morgan fingerprint density at radius 3 is 2.47 bits per heavy atom. The van der Waals surface area contributed by atoms with Crippen molar-refractivity contribution in [2.45, 2.75) is 52.1 Å². The van der Waals surface area contributed by atoms with E-state index in [9.17, 15) is 4.79 Å². The van der Waals surface area contributed by atoms with Gasteiger partial charge in [0.05, 0.1) is 12.7 Å². The van der Waals surface area contributed by atoms with E-state index < -0.39 is 0 Å². The molecular weight excluding hydrogens is 188 g/mol. The molecule has 1 heterocycles. The summed E-state index contributed by atoms with van der Waals surface area (Å²) in [6.45, 7) is 7.35. The molecule has 15 heavy (non-hydrogen) atoms. The third-order valence-electron chi connectivity index (χ3n) is 4.23. The van der Waals surface area contributed by atoms with Gasteiger partial charge in [-0.25, -0.2) is 0 Å². The van der Waals surface area contributed by atoms with Crippen LogP contribution in [0.5, 0.6) is 0 Å². The fourth-order valence-corrected chi connectivity index (χ4v) is 2.76. The van der Waals surface area contributed by atoms with Crippen LogP contribution in [-0.4, -0.2) is 29.6 Å². The topological polar surface area (TPSA) is 32.3 Å². The zero-order chi connectivity index (χ0) is 11.0. The van der Waals surface area contributed by atoms with Crippen LogP contribution in [0.2, 0.25) is 0 Å². The summed E-state index contributed by atoms with van der Waals surface area (Å²) in [4.78, 5) is 13.9. The van der Waals surface area contributed by atoms with E-state index in [1.165, 1.54) is 19.3 Å². The zero-order valence-corrected chi connectivity index (χ0v) is 9.99. The van der Waals surface area contributed by atoms with Gasteiger partial charge in [0.15, 0.2) is 0 Å². The van der Waals surface area contributed by atoms with Gasteiger partial charge in [-0.2, -0.15) is 0 Å². The summed E-state index contributed by atoms with van der Waals surface area (Å²) in [6.07, 6.45) is 3.64. The highest BCUT2D eigenvalue weighted by Gasteiger charge is 2.36. The maximum atomic E-state index is 11.9. The van der Waals surface area contributed by atoms with Gasteiger partial charge >= 0.3 is 0 Å². The second kappa shape index (κ2) is 4.12. The summed E-state index contributed by atoms with van der Waals surface area (Å²) in [5.41, 5.74) is 0. The van der Waals surface area contributed by atoms with Gasteiger partial charge in [-0.05, 0) is 38.0 Å². The molecule has 3 heteroatoms. The van der Waals surface area contributed by atoms with Gasteiger partial charge in [0.1, 0.15) is 0 Å². The van der Waals surface area contributed by atoms with Crippen LogP contribution in [0, 0.1) is 11.8 Å². The first-order valence-corrected chi connectivity index (χ1v) is 6.13. The van der Waals surface area contributed by atoms with Crippen molar-refractivity contribution in [3.8, 4) is 0 Å². The van der Waals surface area contributed by atoms with Crippen LogP contribution in [0.25, 0.3) is 0 Å². The molecule has 1 saturated carbocycles. The van der Waals surface area contributed by atoms with Gasteiger partial charge in [-0.3, -0.25) is 10.1 Å². The van der Waals surface area contributed by atoms with Crippen molar-refractivity contribution in [2.24, 2.45) is 11.8 Å². The van der Waals surface area contributed by atoms with Crippen molar-refractivity contribution in [2.75, 3.05) is 6.67 Å². The van der Waals surface area contributed by atoms with Crippen molar-refractivity contribution < 1.29 is 4.79 Å². The standard InChI is InChI=1S/C12H22N2O/c1-8-4-5-11(6-9(8)2)14-7-13-10(3)12(14)15/h8-11,13H,4-7H2,1-3H3. The number of hydrogen-bond donors (Lipinski definition) is 1. The number of nitrogens with one attached hydrogen (secondary N) is 1. The molecule has 0 aromatic heterocycles. The zero-order valence-electron chi connectivity index (χ0n) is 9.99. The highest BCUT2D eigenvalue weighted by Crippen LogP contribution is 2.32. The largest absolute Gasteiger partial charge is 0.326 e. The summed E-state index contributed by atoms with van der Waals surface area (Å²) in [6, 6.07) is 0.515. The van der Waals surface area contributed by atoms with Gasteiger partial charge in [0, 0.05) is 6.04 Å². The summed E-state index contributed by atoms with van der Waals surface area (Å²) in [7, 11) is 0. The Balaban J connectivity index is 1.97. The lowest BCUT2D eigenvalue weighted by Gasteiger charge is -2.37. The van der Waals surface area contributed by atoms with E-state index in [-0.39, 0.29) is 6.04 Å². The molecule has 2 fully saturated rings. The smallest absolute Gasteiger partial charge is 0.240 e. The fourth-order valence-electron chi connectivity index (χ4n) is 2.76. The first-order chi connectivity index (χ1) is 7.09. The summed E-state index contributed by atoms with van der Waals surface area (Å²) < 4.78 is 0. The molecule has 4 atom stereocenters. The summed E-state index contributed by atoms with van der Waals surface area (Å²) >= 11 is 0. The van der Waals surface area contributed by atoms with E-state index in [0.29, 0.717) is 11.9 Å². The maximum Gasteiger partial charge on any atom is 0.240 e. The van der Waals surface area contributed by atoms with Crippen molar-refractivity contribution in [3.63, 3.8) is 0 Å². The van der Waals surface area contributed by atoms with Crippen LogP contribution in [0.15, 0.2) is 0 Å². The molecule has 1 saturated heterocycles. The minimum Gasteiger partial charge on any atom is -0.326 e. The third kappa shape index (κ3) is 2.03. The van der Waals surface area contributed by atoms with E-state index in [0.717, 1.165) is 18.5 Å². The Bertz CT molecular complexity index is 254. The molecule has 1 N–H and O–H groups in total. The molecule has 86 valence electrons. The Morgan fingerprint density at radius 1 is 1.20 bits per heavy atom. The summed E-state index contributed by atoms with van der Waals surface area (Å²) in [5.74, 6) is 1.87. The lowest BCUT2D eigenvalue weighted by Crippen LogP contribution is -2.42. The highest BCUT2D eigenvalue weighted by molar-refractivity contribution is 5.83. The second-order valence-corrected chi connectivity index (χ2v) is 5.31. The molecular formula is C12H22N2O. The molecule has 1 aliphatic carbocycles. The highest BCUT2D eigenvalue weighted by atomic mass is 16.2. The molecule has 1 amide bonds. The van der Waals surface area contributed by atoms with Gasteiger partial charge in [0.25, 0.3) is 0 Å². The van der Waals surface area contributed by atoms with Crippen molar-refractivity contribution in [3.05, 3.63) is 0 Å². The van der Waals surface area contributed by atoms with Gasteiger partial charge in [-0.1, -0.05) is 13.8 Å². The van der Waals surface area contributed by atoms with Gasteiger partial charge < -0.3 is 4.90 Å². The minimum atomic E-state index is 0.0275. The van der Waals surface area contributed by atoms with E-state index in [1.807, 2.05) is 11.8 Å². The average molecular weight is 210 g/mol. The lowest BCUT2D eigenvalue weighted by molar-refractivity contribution is -0.131. The van der Waals surface area contributed by atoms with E-state index in [2.05, 4.69) is 19.2 Å². The Labute approximate surface area is 92.2 Å². The molecule has 1 aliphatic heterocycles. The molecule has 0 spiro atoms. The van der Waals surface area contributed by atoms with E-state index >= 15 is 0 Å². The summed E-state index contributed by atoms with van der Waals surface area (Å²) in [5, 5.41) is 3.22. The lowest BCUT2D eigenvalue weighted by atomic mass is 9.78. The third-order valence-corrected chi connectivity index (χ3v) is 4.23. The Morgan fingerprint density at radius 2 is 1.93 bits per heavy atom. The first kappa shape index (κ1) is 10.9. The molecule has 3 nitrogen and oxygen atoms in total. The number of nitrogens with zero attached hydrogens (tertiary/aromatic N) is 1. The molecule has 2 aliphatic rings. The van der Waals surface area contributed by atoms with Crippen molar-refractivity contribution >= 4 is 5.91 Å². The molecule has 0 radical (unpaired) electrons. The van der Waals surface area contributed by atoms with Crippen LogP contribution in [0.1, 0.15) is 40.0 Å². The predicted octanol–water partition coefficient (Wildman–Crippen LogP) is 1.59.